The molecule has 0 aromatic heterocycles. The molecular formula is C22H28N2O2. The zero-order valence-electron chi connectivity index (χ0n) is 15.4. The number of nitrogens with zero attached hydrogens (tertiary/aromatic N) is 1. The number of benzene rings is 2. The summed E-state index contributed by atoms with van der Waals surface area (Å²) in [5.74, 6) is 1.47. The highest BCUT2D eigenvalue weighted by Gasteiger charge is 2.47. The Labute approximate surface area is 155 Å². The number of phenols is 1. The van der Waals surface area contributed by atoms with Crippen molar-refractivity contribution in [3.63, 3.8) is 0 Å². The van der Waals surface area contributed by atoms with Crippen LogP contribution < -0.4 is 5.32 Å². The van der Waals surface area contributed by atoms with E-state index in [0.29, 0.717) is 17.6 Å². The molecule has 2 aliphatic rings. The monoisotopic (exact) mass is 352 g/mol. The summed E-state index contributed by atoms with van der Waals surface area (Å²) in [6, 6.07) is 15.7. The number of likely N-dealkylation sites (tertiary alicyclic amines) is 1. The van der Waals surface area contributed by atoms with Crippen molar-refractivity contribution in [1.82, 2.24) is 4.90 Å². The summed E-state index contributed by atoms with van der Waals surface area (Å²) >= 11 is 0. The fourth-order valence-electron chi connectivity index (χ4n) is 4.70. The predicted molar refractivity (Wildman–Crippen MR) is 104 cm³/mol. The van der Waals surface area contributed by atoms with E-state index in [9.17, 15) is 10.2 Å². The van der Waals surface area contributed by atoms with E-state index < -0.39 is 5.60 Å². The molecule has 3 atom stereocenters. The van der Waals surface area contributed by atoms with Crippen LogP contribution in [0.1, 0.15) is 24.0 Å². The van der Waals surface area contributed by atoms with E-state index in [1.54, 1.807) is 12.1 Å². The van der Waals surface area contributed by atoms with Gasteiger partial charge in [-0.25, -0.2) is 0 Å². The maximum Gasteiger partial charge on any atom is 0.115 e. The molecule has 0 radical (unpaired) electrons. The molecule has 1 heterocycles. The Bertz CT molecular complexity index is 728. The molecule has 1 aliphatic carbocycles. The van der Waals surface area contributed by atoms with Crippen molar-refractivity contribution in [2.75, 3.05) is 25.1 Å². The molecule has 1 saturated heterocycles. The van der Waals surface area contributed by atoms with Crippen molar-refractivity contribution in [2.24, 2.45) is 11.8 Å². The van der Waals surface area contributed by atoms with Gasteiger partial charge in [-0.15, -0.1) is 0 Å². The smallest absolute Gasteiger partial charge is 0.115 e. The molecule has 2 fully saturated rings. The topological polar surface area (TPSA) is 55.7 Å². The molecule has 1 aliphatic heterocycles. The number of phenolic OH excluding ortho intramolecular Hbond substituents is 1. The van der Waals surface area contributed by atoms with Crippen molar-refractivity contribution in [1.29, 1.82) is 0 Å². The highest BCUT2D eigenvalue weighted by atomic mass is 16.3. The highest BCUT2D eigenvalue weighted by molar-refractivity contribution is 5.45. The lowest BCUT2D eigenvalue weighted by molar-refractivity contribution is 0.0358. The van der Waals surface area contributed by atoms with Gasteiger partial charge in [0.2, 0.25) is 0 Å². The normalized spacial score (nSPS) is 28.2. The second kappa shape index (κ2) is 6.93. The number of rotatable bonds is 5. The van der Waals surface area contributed by atoms with E-state index in [-0.39, 0.29) is 0 Å². The van der Waals surface area contributed by atoms with Crippen LogP contribution in [0.25, 0.3) is 0 Å². The largest absolute Gasteiger partial charge is 0.508 e. The lowest BCUT2D eigenvalue weighted by Crippen LogP contribution is -2.33. The van der Waals surface area contributed by atoms with Gasteiger partial charge in [-0.1, -0.05) is 29.8 Å². The van der Waals surface area contributed by atoms with E-state index in [1.165, 1.54) is 11.1 Å². The molecule has 3 N–H and O–H groups in total. The molecule has 0 amide bonds. The molecule has 0 spiro atoms. The van der Waals surface area contributed by atoms with Gasteiger partial charge in [0.25, 0.3) is 0 Å². The number of hydrogen-bond donors (Lipinski definition) is 3. The number of anilines is 1. The molecular weight excluding hydrogens is 324 g/mol. The zero-order chi connectivity index (χ0) is 18.1. The molecule has 2 aromatic rings. The lowest BCUT2D eigenvalue weighted by Gasteiger charge is -2.26. The van der Waals surface area contributed by atoms with Crippen LogP contribution in [-0.2, 0) is 6.42 Å². The molecule has 26 heavy (non-hydrogen) atoms. The fourth-order valence-corrected chi connectivity index (χ4v) is 4.70. The van der Waals surface area contributed by atoms with Crippen LogP contribution in [0.2, 0.25) is 0 Å². The third kappa shape index (κ3) is 3.87. The first-order chi connectivity index (χ1) is 12.5. The number of nitrogens with one attached hydrogen (secondary N) is 1. The first-order valence-corrected chi connectivity index (χ1v) is 9.52. The summed E-state index contributed by atoms with van der Waals surface area (Å²) in [7, 11) is 0. The quantitative estimate of drug-likeness (QED) is 0.722. The number of fused-ring (bicyclic) bond motifs is 1. The van der Waals surface area contributed by atoms with Gasteiger partial charge in [0.05, 0.1) is 12.3 Å². The van der Waals surface area contributed by atoms with Crippen molar-refractivity contribution in [2.45, 2.75) is 31.8 Å². The van der Waals surface area contributed by atoms with Gasteiger partial charge in [0.15, 0.2) is 0 Å². The molecule has 2 aromatic carbocycles. The van der Waals surface area contributed by atoms with Crippen molar-refractivity contribution in [3.05, 3.63) is 59.7 Å². The number of hydrogen-bond acceptors (Lipinski definition) is 4. The van der Waals surface area contributed by atoms with Crippen molar-refractivity contribution in [3.8, 4) is 5.75 Å². The van der Waals surface area contributed by atoms with Crippen molar-refractivity contribution < 1.29 is 10.2 Å². The van der Waals surface area contributed by atoms with Gasteiger partial charge >= 0.3 is 0 Å². The molecule has 138 valence electrons. The molecule has 4 rings (SSSR count). The third-order valence-electron chi connectivity index (χ3n) is 5.96. The Kier molecular flexibility index (Phi) is 4.63. The van der Waals surface area contributed by atoms with Crippen LogP contribution in [0.3, 0.4) is 0 Å². The van der Waals surface area contributed by atoms with Crippen LogP contribution >= 0.6 is 0 Å². The Morgan fingerprint density at radius 3 is 2.23 bits per heavy atom. The summed E-state index contributed by atoms with van der Waals surface area (Å²) < 4.78 is 0. The SMILES string of the molecule is Cc1ccc(C[C@]2(O)C[C@H]3CN(CNc4ccc(O)cc4)C[C@H]3C2)cc1. The van der Waals surface area contributed by atoms with Gasteiger partial charge in [-0.05, 0) is 61.4 Å². The summed E-state index contributed by atoms with van der Waals surface area (Å²) in [6.45, 7) is 5.01. The average molecular weight is 352 g/mol. The summed E-state index contributed by atoms with van der Waals surface area (Å²) in [5.41, 5.74) is 2.99. The molecule has 0 bridgehead atoms. The zero-order valence-corrected chi connectivity index (χ0v) is 15.4. The Hall–Kier alpha value is -2.04. The average Bonchev–Trinajstić information content (AvgIpc) is 3.11. The van der Waals surface area contributed by atoms with Crippen LogP contribution in [0, 0.1) is 18.8 Å². The van der Waals surface area contributed by atoms with Crippen LogP contribution in [0.15, 0.2) is 48.5 Å². The van der Waals surface area contributed by atoms with Gasteiger partial charge in [0.1, 0.15) is 5.75 Å². The van der Waals surface area contributed by atoms with E-state index >= 15 is 0 Å². The first-order valence-electron chi connectivity index (χ1n) is 9.52. The molecule has 0 unspecified atom stereocenters. The van der Waals surface area contributed by atoms with Gasteiger partial charge in [-0.3, -0.25) is 4.90 Å². The van der Waals surface area contributed by atoms with Gasteiger partial charge in [-0.2, -0.15) is 0 Å². The second-order valence-electron chi connectivity index (χ2n) is 8.23. The van der Waals surface area contributed by atoms with Crippen LogP contribution in [0.5, 0.6) is 5.75 Å². The summed E-state index contributed by atoms with van der Waals surface area (Å²) in [4.78, 5) is 2.44. The Balaban J connectivity index is 1.29. The minimum absolute atomic E-state index is 0.291. The summed E-state index contributed by atoms with van der Waals surface area (Å²) in [6.07, 6.45) is 2.58. The predicted octanol–water partition coefficient (Wildman–Crippen LogP) is 3.39. The standard InChI is InChI=1S/C22H28N2O2/c1-16-2-4-17(5-3-16)10-22(26)11-18-13-24(14-19(18)12-22)15-23-20-6-8-21(25)9-7-20/h2-9,18-19,23,25-26H,10-15H2,1H3/t18-,19+,22-. The van der Waals surface area contributed by atoms with E-state index in [2.05, 4.69) is 41.4 Å². The Morgan fingerprint density at radius 2 is 1.62 bits per heavy atom. The molecule has 4 heteroatoms. The minimum atomic E-state index is -0.541. The highest BCUT2D eigenvalue weighted by Crippen LogP contribution is 2.45. The van der Waals surface area contributed by atoms with E-state index in [4.69, 9.17) is 0 Å². The van der Waals surface area contributed by atoms with Crippen LogP contribution in [-0.4, -0.2) is 40.5 Å². The maximum absolute atomic E-state index is 11.1. The second-order valence-corrected chi connectivity index (χ2v) is 8.23. The minimum Gasteiger partial charge on any atom is -0.508 e. The lowest BCUT2D eigenvalue weighted by atomic mass is 9.91. The van der Waals surface area contributed by atoms with E-state index in [0.717, 1.165) is 44.7 Å². The fraction of sp³-hybridized carbons (Fsp3) is 0.455. The number of aryl methyl sites for hydroxylation is 1. The van der Waals surface area contributed by atoms with E-state index in [1.807, 2.05) is 12.1 Å². The van der Waals surface area contributed by atoms with Gasteiger partial charge in [0, 0.05) is 25.2 Å². The molecule has 1 saturated carbocycles. The van der Waals surface area contributed by atoms with Crippen LogP contribution in [0.4, 0.5) is 5.69 Å². The summed E-state index contributed by atoms with van der Waals surface area (Å²) in [5, 5.41) is 23.9. The Morgan fingerprint density at radius 1 is 1.00 bits per heavy atom. The van der Waals surface area contributed by atoms with Gasteiger partial charge < -0.3 is 15.5 Å². The van der Waals surface area contributed by atoms with Crippen molar-refractivity contribution >= 4 is 5.69 Å². The maximum atomic E-state index is 11.1. The number of aliphatic hydroxyl groups is 1. The first kappa shape index (κ1) is 17.4. The number of aromatic hydroxyl groups is 1. The molecule has 4 nitrogen and oxygen atoms in total. The third-order valence-corrected chi connectivity index (χ3v) is 5.96.